The monoisotopic (exact) mass is 281 g/mol. The number of fused-ring (bicyclic) bond motifs is 1. The van der Waals surface area contributed by atoms with Gasteiger partial charge >= 0.3 is 0 Å². The maximum absolute atomic E-state index is 10.4. The molecule has 20 heavy (non-hydrogen) atoms. The number of nitrogens with two attached hydrogens (primary N) is 1. The highest BCUT2D eigenvalue weighted by molar-refractivity contribution is 5.14. The van der Waals surface area contributed by atoms with Crippen molar-refractivity contribution in [1.82, 2.24) is 0 Å². The van der Waals surface area contributed by atoms with Gasteiger partial charge in [0.1, 0.15) is 0 Å². The van der Waals surface area contributed by atoms with Crippen molar-refractivity contribution in [3.05, 3.63) is 0 Å². The van der Waals surface area contributed by atoms with Crippen molar-refractivity contribution in [2.75, 3.05) is 13.2 Å². The summed E-state index contributed by atoms with van der Waals surface area (Å²) in [6, 6.07) is 0. The van der Waals surface area contributed by atoms with Crippen LogP contribution in [0.15, 0.2) is 0 Å². The van der Waals surface area contributed by atoms with Gasteiger partial charge in [-0.25, -0.2) is 0 Å². The van der Waals surface area contributed by atoms with E-state index in [-0.39, 0.29) is 11.5 Å². The van der Waals surface area contributed by atoms with Crippen LogP contribution < -0.4 is 5.73 Å². The molecule has 0 amide bonds. The third-order valence-corrected chi connectivity index (χ3v) is 6.85. The molecule has 116 valence electrons. The predicted octanol–water partition coefficient (Wildman–Crippen LogP) is 2.71. The fourth-order valence-electron chi connectivity index (χ4n) is 5.95. The lowest BCUT2D eigenvalue weighted by atomic mass is 9.49. The summed E-state index contributed by atoms with van der Waals surface area (Å²) in [7, 11) is 0. The Hall–Kier alpha value is -0.120. The molecule has 1 spiro atoms. The quantitative estimate of drug-likeness (QED) is 0.836. The molecular weight excluding hydrogens is 250 g/mol. The van der Waals surface area contributed by atoms with Crippen LogP contribution in [0.3, 0.4) is 0 Å². The molecule has 3 fully saturated rings. The number of hydrogen-bond acceptors (Lipinski definition) is 3. The van der Waals surface area contributed by atoms with Crippen LogP contribution >= 0.6 is 0 Å². The van der Waals surface area contributed by atoms with E-state index in [1.807, 2.05) is 0 Å². The molecule has 0 heterocycles. The zero-order chi connectivity index (χ0) is 14.6. The van der Waals surface area contributed by atoms with Gasteiger partial charge in [-0.2, -0.15) is 0 Å². The van der Waals surface area contributed by atoms with Crippen LogP contribution in [-0.4, -0.2) is 30.5 Å². The summed E-state index contributed by atoms with van der Waals surface area (Å²) in [4.78, 5) is 0. The molecule has 3 nitrogen and oxygen atoms in total. The van der Waals surface area contributed by atoms with E-state index >= 15 is 0 Å². The van der Waals surface area contributed by atoms with E-state index in [1.165, 1.54) is 12.8 Å². The summed E-state index contributed by atoms with van der Waals surface area (Å²) < 4.78 is 6.21. The predicted molar refractivity (Wildman–Crippen MR) is 80.3 cm³/mol. The Balaban J connectivity index is 1.92. The minimum Gasteiger partial charge on any atom is -0.393 e. The molecule has 0 aromatic carbocycles. The lowest BCUT2D eigenvalue weighted by Gasteiger charge is -2.58. The van der Waals surface area contributed by atoms with Gasteiger partial charge in [-0.1, -0.05) is 20.8 Å². The fraction of sp³-hybridized carbons (Fsp3) is 1.00. The second-order valence-electron chi connectivity index (χ2n) is 8.55. The van der Waals surface area contributed by atoms with Crippen LogP contribution in [0.4, 0.5) is 0 Å². The Morgan fingerprint density at radius 3 is 2.65 bits per heavy atom. The molecule has 2 bridgehead atoms. The molecule has 3 rings (SSSR count). The maximum atomic E-state index is 10.4. The van der Waals surface area contributed by atoms with Crippen molar-refractivity contribution >= 4 is 0 Å². The lowest BCUT2D eigenvalue weighted by Crippen LogP contribution is -2.54. The Labute approximate surface area is 123 Å². The second-order valence-corrected chi connectivity index (χ2v) is 8.55. The third kappa shape index (κ3) is 1.97. The van der Waals surface area contributed by atoms with Crippen LogP contribution in [0.25, 0.3) is 0 Å². The summed E-state index contributed by atoms with van der Waals surface area (Å²) in [6.45, 7) is 8.41. The molecule has 3 N–H and O–H groups in total. The molecular formula is C17H31NO2. The molecule has 0 radical (unpaired) electrons. The van der Waals surface area contributed by atoms with Crippen molar-refractivity contribution in [3.8, 4) is 0 Å². The van der Waals surface area contributed by atoms with Gasteiger partial charge in [0.25, 0.3) is 0 Å². The molecule has 0 aromatic heterocycles. The van der Waals surface area contributed by atoms with Crippen molar-refractivity contribution in [3.63, 3.8) is 0 Å². The maximum Gasteiger partial charge on any atom is 0.0640 e. The molecule has 3 aliphatic rings. The van der Waals surface area contributed by atoms with E-state index in [1.54, 1.807) is 0 Å². The average molecular weight is 281 g/mol. The van der Waals surface area contributed by atoms with E-state index < -0.39 is 0 Å². The van der Waals surface area contributed by atoms with Crippen LogP contribution in [0, 0.1) is 22.2 Å². The van der Waals surface area contributed by atoms with Crippen molar-refractivity contribution in [2.45, 2.75) is 71.5 Å². The summed E-state index contributed by atoms with van der Waals surface area (Å²) in [5.41, 5.74) is 6.42. The van der Waals surface area contributed by atoms with E-state index in [9.17, 15) is 5.11 Å². The molecule has 0 aliphatic heterocycles. The first-order valence-corrected chi connectivity index (χ1v) is 8.34. The zero-order valence-electron chi connectivity index (χ0n) is 13.3. The molecule has 0 saturated heterocycles. The van der Waals surface area contributed by atoms with Crippen LogP contribution in [0.1, 0.15) is 59.3 Å². The first kappa shape index (κ1) is 14.8. The summed E-state index contributed by atoms with van der Waals surface area (Å²) in [6.07, 6.45) is 7.04. The third-order valence-electron chi connectivity index (χ3n) is 6.85. The Bertz CT molecular complexity index is 383. The van der Waals surface area contributed by atoms with Gasteiger partial charge in [-0.3, -0.25) is 0 Å². The number of aliphatic hydroxyl groups is 1. The smallest absolute Gasteiger partial charge is 0.0640 e. The minimum atomic E-state index is -0.118. The van der Waals surface area contributed by atoms with E-state index in [0.29, 0.717) is 30.1 Å². The minimum absolute atomic E-state index is 0.111. The molecule has 3 aliphatic carbocycles. The van der Waals surface area contributed by atoms with Crippen molar-refractivity contribution < 1.29 is 9.84 Å². The largest absolute Gasteiger partial charge is 0.393 e. The number of aliphatic hydroxyl groups excluding tert-OH is 1. The van der Waals surface area contributed by atoms with Gasteiger partial charge in [0.2, 0.25) is 0 Å². The Kier molecular flexibility index (Phi) is 3.47. The standard InChI is InChI=1S/C17H31NO2/c1-15(2)10-14(20-9-8-18)17-7-5-13(19)16(3,11-17)6-4-12(15)17/h12-14,19H,4-11,18H2,1-3H3/t12-,13+,14-,16+,17-/m0/s1. The highest BCUT2D eigenvalue weighted by Gasteiger charge is 2.65. The van der Waals surface area contributed by atoms with Gasteiger partial charge < -0.3 is 15.6 Å². The molecule has 3 heteroatoms. The van der Waals surface area contributed by atoms with Crippen LogP contribution in [-0.2, 0) is 4.74 Å². The fourth-order valence-corrected chi connectivity index (χ4v) is 5.95. The van der Waals surface area contributed by atoms with E-state index in [0.717, 1.165) is 31.6 Å². The van der Waals surface area contributed by atoms with Gasteiger partial charge in [0, 0.05) is 12.0 Å². The lowest BCUT2D eigenvalue weighted by molar-refractivity contribution is -0.155. The van der Waals surface area contributed by atoms with E-state index in [4.69, 9.17) is 10.5 Å². The van der Waals surface area contributed by atoms with Gasteiger partial charge in [0.05, 0.1) is 18.8 Å². The van der Waals surface area contributed by atoms with Crippen molar-refractivity contribution in [2.24, 2.45) is 27.9 Å². The average Bonchev–Trinajstić information content (AvgIpc) is 2.59. The van der Waals surface area contributed by atoms with Gasteiger partial charge in [-0.05, 0) is 55.3 Å². The molecule has 5 atom stereocenters. The first-order valence-electron chi connectivity index (χ1n) is 8.34. The molecule has 0 unspecified atom stereocenters. The summed E-state index contributed by atoms with van der Waals surface area (Å²) in [5, 5.41) is 10.4. The molecule has 0 aromatic rings. The summed E-state index contributed by atoms with van der Waals surface area (Å²) >= 11 is 0. The Morgan fingerprint density at radius 1 is 1.20 bits per heavy atom. The van der Waals surface area contributed by atoms with Crippen LogP contribution in [0.5, 0.6) is 0 Å². The highest BCUT2D eigenvalue weighted by atomic mass is 16.5. The number of hydrogen-bond donors (Lipinski definition) is 2. The highest BCUT2D eigenvalue weighted by Crippen LogP contribution is 2.69. The van der Waals surface area contributed by atoms with Crippen molar-refractivity contribution in [1.29, 1.82) is 0 Å². The molecule has 3 saturated carbocycles. The topological polar surface area (TPSA) is 55.5 Å². The van der Waals surface area contributed by atoms with Crippen LogP contribution in [0.2, 0.25) is 0 Å². The zero-order valence-corrected chi connectivity index (χ0v) is 13.3. The van der Waals surface area contributed by atoms with Gasteiger partial charge in [-0.15, -0.1) is 0 Å². The number of ether oxygens (including phenoxy) is 1. The second kappa shape index (κ2) is 4.69. The SMILES string of the molecule is CC1(C)C[C@H](OCCN)[C@]23CC[C@@H](O)[C@](C)(CC[C@@H]12)C3. The normalized spacial score (nSPS) is 50.0. The number of rotatable bonds is 3. The van der Waals surface area contributed by atoms with E-state index in [2.05, 4.69) is 20.8 Å². The first-order chi connectivity index (χ1) is 9.34. The van der Waals surface area contributed by atoms with Gasteiger partial charge in [0.15, 0.2) is 0 Å². The Morgan fingerprint density at radius 2 is 1.95 bits per heavy atom. The summed E-state index contributed by atoms with van der Waals surface area (Å²) in [5.74, 6) is 0.748.